The molecule has 0 aliphatic rings. The Morgan fingerprint density at radius 2 is 2.11 bits per heavy atom. The zero-order chi connectivity index (χ0) is 13.1. The highest BCUT2D eigenvalue weighted by atomic mass is 16.2. The molecule has 18 heavy (non-hydrogen) atoms. The Hall–Kier alpha value is -2.56. The maximum absolute atomic E-state index is 11.9. The van der Waals surface area contributed by atoms with Crippen LogP contribution in [0.25, 0.3) is 0 Å². The average molecular weight is 243 g/mol. The number of amides is 1. The summed E-state index contributed by atoms with van der Waals surface area (Å²) in [7, 11) is 0. The number of pyridine rings is 1. The van der Waals surface area contributed by atoms with E-state index in [-0.39, 0.29) is 11.0 Å². The molecule has 0 aliphatic heterocycles. The first-order valence-electron chi connectivity index (χ1n) is 5.42. The molecule has 2 aromatic rings. The fourth-order valence-electron chi connectivity index (χ4n) is 1.51. The second-order valence-electron chi connectivity index (χ2n) is 3.95. The molecule has 1 amide bonds. The largest absolute Gasteiger partial charge is 0.398 e. The predicted octanol–water partition coefficient (Wildman–Crippen LogP) is 1.52. The molecule has 1 aromatic carbocycles. The van der Waals surface area contributed by atoms with Gasteiger partial charge in [0.05, 0.1) is 0 Å². The molecular formula is C13H13N3O2. The summed E-state index contributed by atoms with van der Waals surface area (Å²) < 4.78 is 0. The molecule has 4 N–H and O–H groups in total. The van der Waals surface area contributed by atoms with E-state index in [1.54, 1.807) is 18.2 Å². The summed E-state index contributed by atoms with van der Waals surface area (Å²) in [6.07, 6.45) is 2.85. The van der Waals surface area contributed by atoms with E-state index >= 15 is 0 Å². The van der Waals surface area contributed by atoms with Crippen molar-refractivity contribution in [2.75, 3.05) is 11.1 Å². The summed E-state index contributed by atoms with van der Waals surface area (Å²) in [5.74, 6) is -0.458. The summed E-state index contributed by atoms with van der Waals surface area (Å²) >= 11 is 0. The van der Waals surface area contributed by atoms with E-state index in [0.29, 0.717) is 11.4 Å². The summed E-state index contributed by atoms with van der Waals surface area (Å²) in [6, 6.07) is 6.50. The monoisotopic (exact) mass is 243 g/mol. The molecule has 0 spiro atoms. The first-order chi connectivity index (χ1) is 8.58. The molecule has 2 rings (SSSR count). The third-order valence-corrected chi connectivity index (χ3v) is 2.61. The zero-order valence-corrected chi connectivity index (χ0v) is 9.86. The molecular weight excluding hydrogens is 230 g/mol. The number of nitrogen functional groups attached to an aromatic ring is 1. The molecule has 92 valence electrons. The number of anilines is 2. The molecule has 1 aromatic heterocycles. The number of aromatic nitrogens is 1. The van der Waals surface area contributed by atoms with Crippen LogP contribution in [0.1, 0.15) is 15.9 Å². The topological polar surface area (TPSA) is 88.0 Å². The number of nitrogens with one attached hydrogen (secondary N) is 2. The third kappa shape index (κ3) is 2.40. The molecule has 0 unspecified atom stereocenters. The van der Waals surface area contributed by atoms with Crippen LogP contribution in [0.15, 0.2) is 41.5 Å². The van der Waals surface area contributed by atoms with Gasteiger partial charge in [0.15, 0.2) is 5.43 Å². The Labute approximate surface area is 104 Å². The second kappa shape index (κ2) is 4.75. The van der Waals surface area contributed by atoms with Gasteiger partial charge >= 0.3 is 0 Å². The quantitative estimate of drug-likeness (QED) is 0.699. The van der Waals surface area contributed by atoms with Crippen molar-refractivity contribution in [1.82, 2.24) is 4.98 Å². The lowest BCUT2D eigenvalue weighted by atomic mass is 10.2. The van der Waals surface area contributed by atoms with Gasteiger partial charge in [-0.25, -0.2) is 0 Å². The van der Waals surface area contributed by atoms with E-state index < -0.39 is 5.91 Å². The van der Waals surface area contributed by atoms with Crippen LogP contribution in [-0.4, -0.2) is 10.9 Å². The lowest BCUT2D eigenvalue weighted by Gasteiger charge is -2.07. The van der Waals surface area contributed by atoms with Crippen LogP contribution in [0.5, 0.6) is 0 Å². The molecule has 0 saturated carbocycles. The minimum absolute atomic E-state index is 0.0663. The van der Waals surface area contributed by atoms with Crippen LogP contribution in [-0.2, 0) is 0 Å². The average Bonchev–Trinajstić information content (AvgIpc) is 2.34. The number of nitrogens with two attached hydrogens (primary N) is 1. The third-order valence-electron chi connectivity index (χ3n) is 2.61. The smallest absolute Gasteiger partial charge is 0.261 e. The number of benzene rings is 1. The van der Waals surface area contributed by atoms with Gasteiger partial charge in [-0.3, -0.25) is 9.59 Å². The standard InChI is InChI=1S/C13H13N3O2/c1-8-2-3-9(6-11(8)14)16-13(18)10-7-15-5-4-12(10)17/h2-7H,14H2,1H3,(H,15,17)(H,16,18). The number of hydrogen-bond donors (Lipinski definition) is 3. The van der Waals surface area contributed by atoms with E-state index in [1.807, 2.05) is 6.92 Å². The fraction of sp³-hybridized carbons (Fsp3) is 0.0769. The van der Waals surface area contributed by atoms with Gasteiger partial charge in [0.1, 0.15) is 5.56 Å². The molecule has 5 nitrogen and oxygen atoms in total. The number of hydrogen-bond acceptors (Lipinski definition) is 3. The number of aryl methyl sites for hydroxylation is 1. The van der Waals surface area contributed by atoms with Gasteiger partial charge in [0, 0.05) is 29.8 Å². The van der Waals surface area contributed by atoms with Crippen LogP contribution in [0.2, 0.25) is 0 Å². The number of aromatic amines is 1. The zero-order valence-electron chi connectivity index (χ0n) is 9.86. The van der Waals surface area contributed by atoms with Gasteiger partial charge in [-0.05, 0) is 24.6 Å². The Morgan fingerprint density at radius 1 is 1.33 bits per heavy atom. The predicted molar refractivity (Wildman–Crippen MR) is 70.6 cm³/mol. The highest BCUT2D eigenvalue weighted by Crippen LogP contribution is 2.17. The van der Waals surface area contributed by atoms with Crippen LogP contribution in [0, 0.1) is 6.92 Å². The minimum Gasteiger partial charge on any atom is -0.398 e. The molecule has 0 bridgehead atoms. The maximum Gasteiger partial charge on any atom is 0.261 e. The van der Waals surface area contributed by atoms with Gasteiger partial charge < -0.3 is 16.0 Å². The summed E-state index contributed by atoms with van der Waals surface area (Å²) in [4.78, 5) is 26.0. The van der Waals surface area contributed by atoms with Crippen molar-refractivity contribution in [1.29, 1.82) is 0 Å². The van der Waals surface area contributed by atoms with E-state index in [9.17, 15) is 9.59 Å². The first-order valence-corrected chi connectivity index (χ1v) is 5.42. The van der Waals surface area contributed by atoms with Crippen molar-refractivity contribution in [3.8, 4) is 0 Å². The molecule has 1 heterocycles. The second-order valence-corrected chi connectivity index (χ2v) is 3.95. The summed E-state index contributed by atoms with van der Waals surface area (Å²) in [6.45, 7) is 1.88. The van der Waals surface area contributed by atoms with Gasteiger partial charge in [-0.15, -0.1) is 0 Å². The van der Waals surface area contributed by atoms with Crippen LogP contribution < -0.4 is 16.5 Å². The number of rotatable bonds is 2. The van der Waals surface area contributed by atoms with Crippen LogP contribution in [0.4, 0.5) is 11.4 Å². The van der Waals surface area contributed by atoms with Crippen LogP contribution >= 0.6 is 0 Å². The molecule has 0 aliphatic carbocycles. The number of carbonyl (C=O) groups is 1. The first kappa shape index (κ1) is 11.9. The normalized spacial score (nSPS) is 10.1. The minimum atomic E-state index is -0.458. The highest BCUT2D eigenvalue weighted by molar-refractivity contribution is 6.04. The molecule has 0 radical (unpaired) electrons. The van der Waals surface area contributed by atoms with E-state index in [4.69, 9.17) is 5.73 Å². The van der Waals surface area contributed by atoms with Gasteiger partial charge in [0.2, 0.25) is 0 Å². The Kier molecular flexibility index (Phi) is 3.14. The van der Waals surface area contributed by atoms with Crippen molar-refractivity contribution < 1.29 is 4.79 Å². The summed E-state index contributed by atoms with van der Waals surface area (Å²) in [5, 5.41) is 2.63. The van der Waals surface area contributed by atoms with Crippen molar-refractivity contribution in [3.63, 3.8) is 0 Å². The van der Waals surface area contributed by atoms with E-state index in [1.165, 1.54) is 18.5 Å². The van der Waals surface area contributed by atoms with E-state index in [0.717, 1.165) is 5.56 Å². The van der Waals surface area contributed by atoms with Gasteiger partial charge in [-0.1, -0.05) is 6.07 Å². The van der Waals surface area contributed by atoms with E-state index in [2.05, 4.69) is 10.3 Å². The molecule has 0 atom stereocenters. The summed E-state index contributed by atoms with van der Waals surface area (Å²) in [5.41, 5.74) is 7.57. The highest BCUT2D eigenvalue weighted by Gasteiger charge is 2.09. The molecule has 5 heteroatoms. The Balaban J connectivity index is 2.24. The molecule has 0 saturated heterocycles. The van der Waals surface area contributed by atoms with Crippen molar-refractivity contribution in [3.05, 3.63) is 58.0 Å². The Bertz CT molecular complexity index is 647. The fourth-order valence-corrected chi connectivity index (χ4v) is 1.51. The van der Waals surface area contributed by atoms with Crippen molar-refractivity contribution in [2.24, 2.45) is 0 Å². The Morgan fingerprint density at radius 3 is 2.78 bits per heavy atom. The number of carbonyl (C=O) groups excluding carboxylic acids is 1. The lowest BCUT2D eigenvalue weighted by molar-refractivity contribution is 0.102. The van der Waals surface area contributed by atoms with Gasteiger partial charge in [0.25, 0.3) is 5.91 Å². The number of H-pyrrole nitrogens is 1. The maximum atomic E-state index is 11.9. The van der Waals surface area contributed by atoms with Crippen molar-refractivity contribution in [2.45, 2.75) is 6.92 Å². The SMILES string of the molecule is Cc1ccc(NC(=O)c2c[nH]ccc2=O)cc1N. The van der Waals surface area contributed by atoms with Gasteiger partial charge in [-0.2, -0.15) is 0 Å². The van der Waals surface area contributed by atoms with Crippen LogP contribution in [0.3, 0.4) is 0 Å². The molecule has 0 fully saturated rings. The lowest BCUT2D eigenvalue weighted by Crippen LogP contribution is -2.20. The van der Waals surface area contributed by atoms with Crippen molar-refractivity contribution >= 4 is 17.3 Å².